The molecule has 0 saturated heterocycles. The Hall–Kier alpha value is -4.38. The first-order valence-electron chi connectivity index (χ1n) is 14.7. The minimum absolute atomic E-state index is 0.244. The van der Waals surface area contributed by atoms with Crippen LogP contribution in [0.15, 0.2) is 60.7 Å². The normalized spacial score (nSPS) is 18.3. The van der Waals surface area contributed by atoms with Crippen molar-refractivity contribution in [1.29, 1.82) is 0 Å². The number of amides is 2. The number of sulfonamides is 1. The fraction of sp³-hybridized carbons (Fsp3) is 0.333. The van der Waals surface area contributed by atoms with Gasteiger partial charge in [0.1, 0.15) is 11.5 Å². The molecule has 228 valence electrons. The average Bonchev–Trinajstić information content (AvgIpc) is 3.92. The van der Waals surface area contributed by atoms with Gasteiger partial charge in [0.05, 0.1) is 11.9 Å². The summed E-state index contributed by atoms with van der Waals surface area (Å²) < 4.78 is 41.8. The standard InChI is InChI=1S/C33H34FN5O4S/c1-4-19(2)23-8-6-5-7-20(23)13-14-35-33(41)29-17-30(21-9-10-21)39-31(36-29)18-28(37-39)24-12-11-22(15-27(24)34)25-16-26(25)32(40)38-44(3,42)43/h4-8,11-12,15,17-18,21,25-26H,9-10,13-14,16H2,1-3H3,(H,35,41)(H,38,40)/b19-4-/t25-,26+/m1/s1. The zero-order valence-electron chi connectivity index (χ0n) is 24.8. The van der Waals surface area contributed by atoms with Gasteiger partial charge < -0.3 is 5.32 Å². The molecule has 2 aromatic heterocycles. The number of carbonyl (C=O) groups excluding carboxylic acids is 2. The maximum Gasteiger partial charge on any atom is 0.270 e. The number of carbonyl (C=O) groups is 2. The molecule has 2 aliphatic rings. The lowest BCUT2D eigenvalue weighted by molar-refractivity contribution is -0.120. The molecule has 2 amide bonds. The second-order valence-electron chi connectivity index (χ2n) is 11.7. The zero-order valence-corrected chi connectivity index (χ0v) is 25.6. The number of aromatic nitrogens is 3. The third-order valence-corrected chi connectivity index (χ3v) is 8.92. The molecule has 11 heteroatoms. The second kappa shape index (κ2) is 11.6. The molecule has 2 aromatic carbocycles. The molecule has 44 heavy (non-hydrogen) atoms. The predicted molar refractivity (Wildman–Crippen MR) is 166 cm³/mol. The summed E-state index contributed by atoms with van der Waals surface area (Å²) in [6.07, 6.45) is 6.10. The van der Waals surface area contributed by atoms with Gasteiger partial charge in [-0.15, -0.1) is 0 Å². The summed E-state index contributed by atoms with van der Waals surface area (Å²) in [6, 6.07) is 16.4. The van der Waals surface area contributed by atoms with Crippen molar-refractivity contribution < 1.29 is 22.4 Å². The first-order valence-corrected chi connectivity index (χ1v) is 16.6. The number of hydrogen-bond acceptors (Lipinski definition) is 6. The Balaban J connectivity index is 1.20. The van der Waals surface area contributed by atoms with E-state index in [1.807, 2.05) is 23.8 Å². The molecular weight excluding hydrogens is 581 g/mol. The van der Waals surface area contributed by atoms with E-state index in [0.29, 0.717) is 42.0 Å². The van der Waals surface area contributed by atoms with Crippen molar-refractivity contribution in [3.05, 3.63) is 94.6 Å². The molecule has 4 aromatic rings. The van der Waals surface area contributed by atoms with Gasteiger partial charge >= 0.3 is 0 Å². The molecule has 9 nitrogen and oxygen atoms in total. The zero-order chi connectivity index (χ0) is 31.2. The summed E-state index contributed by atoms with van der Waals surface area (Å²) in [5.41, 5.74) is 6.44. The third kappa shape index (κ3) is 6.28. The highest BCUT2D eigenvalue weighted by atomic mass is 32.2. The number of nitrogens with zero attached hydrogens (tertiary/aromatic N) is 3. The van der Waals surface area contributed by atoms with Crippen LogP contribution in [0.1, 0.15) is 77.8 Å². The number of nitrogens with one attached hydrogen (secondary N) is 2. The van der Waals surface area contributed by atoms with Gasteiger partial charge in [0.15, 0.2) is 5.65 Å². The minimum atomic E-state index is -3.65. The highest BCUT2D eigenvalue weighted by Crippen LogP contribution is 2.48. The number of hydrogen-bond donors (Lipinski definition) is 2. The van der Waals surface area contributed by atoms with Crippen LogP contribution in [0.2, 0.25) is 0 Å². The van der Waals surface area contributed by atoms with Gasteiger partial charge in [0.2, 0.25) is 15.9 Å². The number of benzene rings is 2. The molecule has 2 heterocycles. The Morgan fingerprint density at radius 1 is 1.11 bits per heavy atom. The molecule has 2 atom stereocenters. The van der Waals surface area contributed by atoms with E-state index in [-0.39, 0.29) is 23.3 Å². The van der Waals surface area contributed by atoms with Crippen LogP contribution in [0.3, 0.4) is 0 Å². The number of allylic oxidation sites excluding steroid dienone is 2. The Kier molecular flexibility index (Phi) is 7.83. The molecule has 0 spiro atoms. The molecular formula is C33H34FN5O4S. The number of halogens is 1. The molecule has 0 bridgehead atoms. The molecule has 0 radical (unpaired) electrons. The van der Waals surface area contributed by atoms with Crippen LogP contribution in [0, 0.1) is 11.7 Å². The van der Waals surface area contributed by atoms with E-state index in [1.165, 1.54) is 17.2 Å². The SMILES string of the molecule is C/C=C(/C)c1ccccc1CCNC(=O)c1cc(C2CC2)n2nc(-c3ccc([C@H]4C[C@@H]4C(=O)NS(C)(=O)=O)cc3F)cc2n1. The smallest absolute Gasteiger partial charge is 0.270 e. The summed E-state index contributed by atoms with van der Waals surface area (Å²) >= 11 is 0. The van der Waals surface area contributed by atoms with E-state index in [0.717, 1.165) is 30.4 Å². The largest absolute Gasteiger partial charge is 0.350 e. The van der Waals surface area contributed by atoms with Crippen molar-refractivity contribution in [1.82, 2.24) is 24.6 Å². The summed E-state index contributed by atoms with van der Waals surface area (Å²) in [6.45, 7) is 4.54. The summed E-state index contributed by atoms with van der Waals surface area (Å²) in [4.78, 5) is 30.0. The van der Waals surface area contributed by atoms with Crippen molar-refractivity contribution >= 4 is 33.1 Å². The molecule has 2 saturated carbocycles. The van der Waals surface area contributed by atoms with Crippen LogP contribution in [0.5, 0.6) is 0 Å². The lowest BCUT2D eigenvalue weighted by Crippen LogP contribution is -2.30. The van der Waals surface area contributed by atoms with Crippen molar-refractivity contribution in [2.45, 2.75) is 51.4 Å². The van der Waals surface area contributed by atoms with E-state index in [2.05, 4.69) is 40.5 Å². The Bertz CT molecular complexity index is 1930. The van der Waals surface area contributed by atoms with Gasteiger partial charge in [-0.25, -0.2) is 22.3 Å². The van der Waals surface area contributed by atoms with E-state index in [9.17, 15) is 18.0 Å². The second-order valence-corrected chi connectivity index (χ2v) is 13.4. The average molecular weight is 616 g/mol. The summed E-state index contributed by atoms with van der Waals surface area (Å²) in [7, 11) is -3.65. The van der Waals surface area contributed by atoms with E-state index in [4.69, 9.17) is 0 Å². The molecule has 0 aliphatic heterocycles. The minimum Gasteiger partial charge on any atom is -0.350 e. The summed E-state index contributed by atoms with van der Waals surface area (Å²) in [5, 5.41) is 7.67. The van der Waals surface area contributed by atoms with Gasteiger partial charge in [-0.3, -0.25) is 14.3 Å². The first-order chi connectivity index (χ1) is 21.0. The fourth-order valence-electron chi connectivity index (χ4n) is 5.68. The van der Waals surface area contributed by atoms with Crippen LogP contribution in [0.4, 0.5) is 4.39 Å². The molecule has 6 rings (SSSR count). The van der Waals surface area contributed by atoms with Crippen LogP contribution < -0.4 is 10.0 Å². The molecule has 2 fully saturated rings. The molecule has 0 unspecified atom stereocenters. The van der Waals surface area contributed by atoms with Gasteiger partial charge in [0.25, 0.3) is 5.91 Å². The topological polar surface area (TPSA) is 123 Å². The number of fused-ring (bicyclic) bond motifs is 1. The van der Waals surface area contributed by atoms with Gasteiger partial charge in [0, 0.05) is 35.7 Å². The van der Waals surface area contributed by atoms with Crippen LogP contribution >= 0.6 is 0 Å². The monoisotopic (exact) mass is 615 g/mol. The van der Waals surface area contributed by atoms with Crippen molar-refractivity contribution in [3.8, 4) is 11.3 Å². The van der Waals surface area contributed by atoms with E-state index < -0.39 is 27.7 Å². The first kappa shape index (κ1) is 29.7. The lowest BCUT2D eigenvalue weighted by Gasteiger charge is -2.11. The van der Waals surface area contributed by atoms with Gasteiger partial charge in [-0.2, -0.15) is 5.10 Å². The van der Waals surface area contributed by atoms with Crippen LogP contribution in [-0.2, 0) is 21.2 Å². The maximum absolute atomic E-state index is 15.4. The van der Waals surface area contributed by atoms with E-state index >= 15 is 4.39 Å². The highest BCUT2D eigenvalue weighted by molar-refractivity contribution is 7.89. The Morgan fingerprint density at radius 3 is 2.59 bits per heavy atom. The summed E-state index contributed by atoms with van der Waals surface area (Å²) in [5.74, 6) is -1.84. The lowest BCUT2D eigenvalue weighted by atomic mass is 9.98. The predicted octanol–water partition coefficient (Wildman–Crippen LogP) is 4.99. The third-order valence-electron chi connectivity index (χ3n) is 8.35. The van der Waals surface area contributed by atoms with Gasteiger partial charge in [-0.1, -0.05) is 36.4 Å². The molecule has 2 aliphatic carbocycles. The Labute approximate surface area is 255 Å². The quantitative estimate of drug-likeness (QED) is 0.259. The Morgan fingerprint density at radius 2 is 1.89 bits per heavy atom. The highest BCUT2D eigenvalue weighted by Gasteiger charge is 2.45. The van der Waals surface area contributed by atoms with Crippen molar-refractivity contribution in [2.75, 3.05) is 12.8 Å². The van der Waals surface area contributed by atoms with Crippen LogP contribution in [0.25, 0.3) is 22.5 Å². The van der Waals surface area contributed by atoms with Crippen molar-refractivity contribution in [2.24, 2.45) is 5.92 Å². The maximum atomic E-state index is 15.4. The van der Waals surface area contributed by atoms with E-state index in [1.54, 1.807) is 28.8 Å². The number of rotatable bonds is 10. The van der Waals surface area contributed by atoms with Gasteiger partial charge in [-0.05, 0) is 85.9 Å². The van der Waals surface area contributed by atoms with Crippen LogP contribution in [-0.4, -0.2) is 47.6 Å². The molecule has 2 N–H and O–H groups in total. The fourth-order valence-corrected chi connectivity index (χ4v) is 6.19. The van der Waals surface area contributed by atoms with Crippen molar-refractivity contribution in [3.63, 3.8) is 0 Å².